The van der Waals surface area contributed by atoms with E-state index in [2.05, 4.69) is 0 Å². The third kappa shape index (κ3) is 3.76. The highest BCUT2D eigenvalue weighted by Crippen LogP contribution is 2.49. The van der Waals surface area contributed by atoms with Gasteiger partial charge in [-0.1, -0.05) is 29.8 Å². The van der Waals surface area contributed by atoms with Crippen molar-refractivity contribution in [2.75, 3.05) is 11.5 Å². The zero-order valence-corrected chi connectivity index (χ0v) is 16.1. The molecule has 1 aliphatic heterocycles. The minimum absolute atomic E-state index is 0.115. The molecule has 1 heterocycles. The van der Waals surface area contributed by atoms with Gasteiger partial charge in [-0.05, 0) is 55.2 Å². The van der Waals surface area contributed by atoms with E-state index in [1.54, 1.807) is 17.0 Å². The van der Waals surface area contributed by atoms with Crippen molar-refractivity contribution >= 4 is 51.6 Å². The van der Waals surface area contributed by atoms with Gasteiger partial charge in [0.15, 0.2) is 5.75 Å². The summed E-state index contributed by atoms with van der Waals surface area (Å²) in [5, 5.41) is 0.149. The number of para-hydroxylation sites is 2. The van der Waals surface area contributed by atoms with Crippen LogP contribution in [-0.2, 0) is 9.53 Å². The van der Waals surface area contributed by atoms with Crippen LogP contribution in [-0.4, -0.2) is 16.9 Å². The number of thioether (sulfide) groups is 1. The van der Waals surface area contributed by atoms with E-state index in [0.717, 1.165) is 5.56 Å². The van der Waals surface area contributed by atoms with Crippen LogP contribution in [0.25, 0.3) is 0 Å². The van der Waals surface area contributed by atoms with Gasteiger partial charge in [0, 0.05) is 17.5 Å². The lowest BCUT2D eigenvalue weighted by Crippen LogP contribution is -2.31. The SMILES string of the molecule is CCOC(=S)SC1c2ccc(Cl)cc2Oc2ccccc2N1C(C)=O. The molecule has 3 rings (SSSR count). The van der Waals surface area contributed by atoms with Crippen molar-refractivity contribution in [1.82, 2.24) is 0 Å². The molecule has 1 amide bonds. The average molecular weight is 394 g/mol. The van der Waals surface area contributed by atoms with Gasteiger partial charge in [0.1, 0.15) is 11.1 Å². The second-order valence-electron chi connectivity index (χ2n) is 5.29. The highest BCUT2D eigenvalue weighted by Gasteiger charge is 2.34. The van der Waals surface area contributed by atoms with Gasteiger partial charge in [0.2, 0.25) is 10.3 Å². The van der Waals surface area contributed by atoms with E-state index in [1.165, 1.54) is 18.7 Å². The van der Waals surface area contributed by atoms with Gasteiger partial charge in [-0.25, -0.2) is 0 Å². The number of thiocarbonyl (C=S) groups is 1. The molecule has 25 heavy (non-hydrogen) atoms. The number of amides is 1. The molecule has 2 aromatic carbocycles. The third-order valence-corrected chi connectivity index (χ3v) is 5.27. The van der Waals surface area contributed by atoms with E-state index in [1.807, 2.05) is 37.3 Å². The number of hydrogen-bond donors (Lipinski definition) is 0. The monoisotopic (exact) mass is 393 g/mol. The smallest absolute Gasteiger partial charge is 0.225 e. The fourth-order valence-corrected chi connectivity index (χ4v) is 4.23. The van der Waals surface area contributed by atoms with E-state index in [4.69, 9.17) is 33.3 Å². The van der Waals surface area contributed by atoms with Crippen LogP contribution in [0.1, 0.15) is 24.8 Å². The molecule has 0 radical (unpaired) electrons. The predicted octanol–water partition coefficient (Wildman–Crippen LogP) is 5.55. The van der Waals surface area contributed by atoms with Crippen LogP contribution in [0.15, 0.2) is 42.5 Å². The van der Waals surface area contributed by atoms with Crippen molar-refractivity contribution in [3.8, 4) is 11.5 Å². The Hall–Kier alpha value is -1.76. The highest BCUT2D eigenvalue weighted by molar-refractivity contribution is 8.22. The lowest BCUT2D eigenvalue weighted by Gasteiger charge is -2.29. The van der Waals surface area contributed by atoms with Gasteiger partial charge >= 0.3 is 0 Å². The number of carbonyl (C=O) groups excluding carboxylic acids is 1. The largest absolute Gasteiger partial charge is 0.479 e. The van der Waals surface area contributed by atoms with Gasteiger partial charge in [-0.2, -0.15) is 0 Å². The van der Waals surface area contributed by atoms with Crippen LogP contribution >= 0.6 is 35.6 Å². The van der Waals surface area contributed by atoms with Gasteiger partial charge in [-0.15, -0.1) is 0 Å². The van der Waals surface area contributed by atoms with E-state index in [0.29, 0.717) is 33.2 Å². The molecule has 0 saturated carbocycles. The van der Waals surface area contributed by atoms with Crippen molar-refractivity contribution in [2.45, 2.75) is 19.2 Å². The first-order valence-corrected chi connectivity index (χ1v) is 9.37. The fourth-order valence-electron chi connectivity index (χ4n) is 2.62. The van der Waals surface area contributed by atoms with Crippen LogP contribution in [0.5, 0.6) is 11.5 Å². The first-order chi connectivity index (χ1) is 12.0. The number of nitrogens with zero attached hydrogens (tertiary/aromatic N) is 1. The summed E-state index contributed by atoms with van der Waals surface area (Å²) in [6.45, 7) is 3.86. The van der Waals surface area contributed by atoms with E-state index >= 15 is 0 Å². The second kappa shape index (κ2) is 7.64. The van der Waals surface area contributed by atoms with E-state index in [-0.39, 0.29) is 5.91 Å². The lowest BCUT2D eigenvalue weighted by molar-refractivity contribution is -0.116. The summed E-state index contributed by atoms with van der Waals surface area (Å²) in [5.74, 6) is 1.07. The van der Waals surface area contributed by atoms with Gasteiger partial charge in [0.05, 0.1) is 12.3 Å². The molecule has 0 N–H and O–H groups in total. The quantitative estimate of drug-likeness (QED) is 0.625. The summed E-state index contributed by atoms with van der Waals surface area (Å²) in [7, 11) is 0. The Labute approximate surface area is 161 Å². The van der Waals surface area contributed by atoms with Crippen molar-refractivity contribution in [2.24, 2.45) is 0 Å². The standard InChI is InChI=1S/C18H16ClNO3S2/c1-3-22-18(24)25-17-13-9-8-12(19)10-16(13)23-15-7-5-4-6-14(15)20(17)11(2)21/h4-10,17H,3H2,1-2H3. The molecule has 130 valence electrons. The first-order valence-electron chi connectivity index (χ1n) is 7.70. The molecule has 0 spiro atoms. The summed E-state index contributed by atoms with van der Waals surface area (Å²) in [5.41, 5.74) is 1.49. The fraction of sp³-hybridized carbons (Fsp3) is 0.222. The predicted molar refractivity (Wildman–Crippen MR) is 106 cm³/mol. The zero-order chi connectivity index (χ0) is 18.0. The maximum absolute atomic E-state index is 12.5. The molecule has 2 aromatic rings. The summed E-state index contributed by atoms with van der Waals surface area (Å²) >= 11 is 12.7. The minimum atomic E-state index is -0.410. The molecule has 0 saturated heterocycles. The number of hydrogen-bond acceptors (Lipinski definition) is 5. The van der Waals surface area contributed by atoms with Crippen molar-refractivity contribution in [3.05, 3.63) is 53.1 Å². The zero-order valence-electron chi connectivity index (χ0n) is 13.7. The van der Waals surface area contributed by atoms with Gasteiger partial charge < -0.3 is 9.47 Å². The molecule has 7 heteroatoms. The number of rotatable bonds is 2. The summed E-state index contributed by atoms with van der Waals surface area (Å²) in [6.07, 6.45) is 0. The second-order valence-corrected chi connectivity index (χ2v) is 7.41. The third-order valence-electron chi connectivity index (χ3n) is 3.63. The Kier molecular flexibility index (Phi) is 5.51. The van der Waals surface area contributed by atoms with Crippen LogP contribution in [0.4, 0.5) is 5.69 Å². The number of ether oxygens (including phenoxy) is 2. The normalized spacial score (nSPS) is 15.5. The molecule has 4 nitrogen and oxygen atoms in total. The van der Waals surface area contributed by atoms with Crippen molar-refractivity contribution in [1.29, 1.82) is 0 Å². The Bertz CT molecular complexity index is 828. The first kappa shape index (κ1) is 18.0. The molecule has 1 atom stereocenters. The van der Waals surface area contributed by atoms with Gasteiger partial charge in [-0.3, -0.25) is 9.69 Å². The van der Waals surface area contributed by atoms with Crippen molar-refractivity contribution < 1.29 is 14.3 Å². The number of halogens is 1. The van der Waals surface area contributed by atoms with E-state index < -0.39 is 5.37 Å². The topological polar surface area (TPSA) is 38.8 Å². The maximum atomic E-state index is 12.5. The number of fused-ring (bicyclic) bond motifs is 2. The molecule has 1 unspecified atom stereocenters. The Morgan fingerprint density at radius 3 is 2.80 bits per heavy atom. The summed E-state index contributed by atoms with van der Waals surface area (Å²) in [6, 6.07) is 12.8. The van der Waals surface area contributed by atoms with Crippen molar-refractivity contribution in [3.63, 3.8) is 0 Å². The Morgan fingerprint density at radius 1 is 1.32 bits per heavy atom. The van der Waals surface area contributed by atoms with Crippen LogP contribution < -0.4 is 9.64 Å². The summed E-state index contributed by atoms with van der Waals surface area (Å²) in [4.78, 5) is 14.2. The molecule has 0 fully saturated rings. The molecular formula is C18H16ClNO3S2. The Balaban J connectivity index is 2.17. The highest BCUT2D eigenvalue weighted by atomic mass is 35.5. The van der Waals surface area contributed by atoms with Crippen LogP contribution in [0.2, 0.25) is 5.02 Å². The molecule has 0 aliphatic carbocycles. The molecule has 0 bridgehead atoms. The van der Waals surface area contributed by atoms with Crippen LogP contribution in [0, 0.1) is 0 Å². The Morgan fingerprint density at radius 2 is 2.08 bits per heavy atom. The van der Waals surface area contributed by atoms with Gasteiger partial charge in [0.25, 0.3) is 0 Å². The average Bonchev–Trinajstić information content (AvgIpc) is 2.68. The lowest BCUT2D eigenvalue weighted by atomic mass is 10.1. The number of benzene rings is 2. The van der Waals surface area contributed by atoms with Crippen LogP contribution in [0.3, 0.4) is 0 Å². The number of carbonyl (C=O) groups is 1. The molecule has 0 aromatic heterocycles. The maximum Gasteiger partial charge on any atom is 0.225 e. The van der Waals surface area contributed by atoms with E-state index in [9.17, 15) is 4.79 Å². The molecule has 1 aliphatic rings. The minimum Gasteiger partial charge on any atom is -0.479 e. The molecular weight excluding hydrogens is 378 g/mol. The number of anilines is 1. The summed E-state index contributed by atoms with van der Waals surface area (Å²) < 4.78 is 11.9.